The van der Waals surface area contributed by atoms with Crippen LogP contribution in [-0.4, -0.2) is 24.7 Å². The van der Waals surface area contributed by atoms with E-state index in [4.69, 9.17) is 0 Å². The summed E-state index contributed by atoms with van der Waals surface area (Å²) in [7, 11) is 0. The molecule has 1 saturated carbocycles. The van der Waals surface area contributed by atoms with Crippen molar-refractivity contribution in [3.8, 4) is 0 Å². The van der Waals surface area contributed by atoms with Gasteiger partial charge in [-0.3, -0.25) is 0 Å². The molecule has 2 aliphatic rings. The third-order valence-corrected chi connectivity index (χ3v) is 5.17. The lowest BCUT2D eigenvalue weighted by atomic mass is 9.77. The van der Waals surface area contributed by atoms with Crippen LogP contribution in [0.1, 0.15) is 78.1 Å². The number of rotatable bonds is 6. The summed E-state index contributed by atoms with van der Waals surface area (Å²) in [6.07, 6.45) is 14.0. The van der Waals surface area contributed by atoms with Crippen molar-refractivity contribution in [2.45, 2.75) is 96.2 Å². The molecular weight excluding hydrogens is 232 g/mol. The highest BCUT2D eigenvalue weighted by molar-refractivity contribution is 4.91. The summed E-state index contributed by atoms with van der Waals surface area (Å²) in [5.41, 5.74) is 0. The molecule has 19 heavy (non-hydrogen) atoms. The molecule has 2 N–H and O–H groups in total. The van der Waals surface area contributed by atoms with Gasteiger partial charge in [-0.05, 0) is 51.5 Å². The molecule has 0 aromatic carbocycles. The van der Waals surface area contributed by atoms with Crippen molar-refractivity contribution in [2.24, 2.45) is 5.92 Å². The summed E-state index contributed by atoms with van der Waals surface area (Å²) in [5, 5.41) is 7.76. The maximum atomic E-state index is 3.96. The Morgan fingerprint density at radius 1 is 1.11 bits per heavy atom. The Balaban J connectivity index is 1.84. The first kappa shape index (κ1) is 15.3. The fourth-order valence-corrected chi connectivity index (χ4v) is 4.05. The zero-order chi connectivity index (χ0) is 13.5. The van der Waals surface area contributed by atoms with Gasteiger partial charge in [-0.1, -0.05) is 39.0 Å². The van der Waals surface area contributed by atoms with Crippen LogP contribution in [0.15, 0.2) is 0 Å². The van der Waals surface area contributed by atoms with Gasteiger partial charge in [0.2, 0.25) is 0 Å². The van der Waals surface area contributed by atoms with Crippen molar-refractivity contribution in [1.82, 2.24) is 10.6 Å². The second-order valence-corrected chi connectivity index (χ2v) is 6.82. The second kappa shape index (κ2) is 8.26. The van der Waals surface area contributed by atoms with E-state index < -0.39 is 0 Å². The maximum absolute atomic E-state index is 3.96. The number of unbranched alkanes of at least 4 members (excludes halogenated alkanes) is 1. The normalized spacial score (nSPS) is 34.1. The predicted molar refractivity (Wildman–Crippen MR) is 83.5 cm³/mol. The highest BCUT2D eigenvalue weighted by Gasteiger charge is 2.32. The first-order valence-electron chi connectivity index (χ1n) is 8.80. The number of piperidine rings is 1. The van der Waals surface area contributed by atoms with Crippen LogP contribution >= 0.6 is 0 Å². The van der Waals surface area contributed by atoms with E-state index >= 15 is 0 Å². The van der Waals surface area contributed by atoms with Gasteiger partial charge in [0.25, 0.3) is 0 Å². The molecule has 0 radical (unpaired) electrons. The number of nitrogens with one attached hydrogen (secondary N) is 2. The molecule has 0 bridgehead atoms. The van der Waals surface area contributed by atoms with Crippen molar-refractivity contribution in [1.29, 1.82) is 0 Å². The van der Waals surface area contributed by atoms with Crippen LogP contribution in [0.3, 0.4) is 0 Å². The maximum Gasteiger partial charge on any atom is 0.0113 e. The Labute approximate surface area is 120 Å². The number of hydrogen-bond acceptors (Lipinski definition) is 2. The summed E-state index contributed by atoms with van der Waals surface area (Å²) in [4.78, 5) is 0. The lowest BCUT2D eigenvalue weighted by Gasteiger charge is -2.41. The van der Waals surface area contributed by atoms with Crippen molar-refractivity contribution in [3.63, 3.8) is 0 Å². The van der Waals surface area contributed by atoms with Crippen molar-refractivity contribution < 1.29 is 0 Å². The monoisotopic (exact) mass is 266 g/mol. The largest absolute Gasteiger partial charge is 0.314 e. The summed E-state index contributed by atoms with van der Waals surface area (Å²) in [6.45, 7) is 5.93. The van der Waals surface area contributed by atoms with Gasteiger partial charge in [-0.2, -0.15) is 0 Å². The summed E-state index contributed by atoms with van der Waals surface area (Å²) in [5.74, 6) is 0.887. The lowest BCUT2D eigenvalue weighted by molar-refractivity contribution is 0.172. The molecule has 0 aromatic rings. The molecule has 0 amide bonds. The molecule has 112 valence electrons. The van der Waals surface area contributed by atoms with Crippen molar-refractivity contribution in [2.75, 3.05) is 6.54 Å². The highest BCUT2D eigenvalue weighted by atomic mass is 15.0. The summed E-state index contributed by atoms with van der Waals surface area (Å²) < 4.78 is 0. The minimum absolute atomic E-state index is 0.703. The Hall–Kier alpha value is -0.0800. The van der Waals surface area contributed by atoms with E-state index in [1.807, 2.05) is 0 Å². The third kappa shape index (κ3) is 4.75. The van der Waals surface area contributed by atoms with Crippen LogP contribution in [0.4, 0.5) is 0 Å². The van der Waals surface area contributed by atoms with Gasteiger partial charge in [0.15, 0.2) is 0 Å². The molecule has 1 heterocycles. The first-order valence-corrected chi connectivity index (χ1v) is 8.80. The first-order chi connectivity index (χ1) is 9.31. The Morgan fingerprint density at radius 3 is 2.63 bits per heavy atom. The van der Waals surface area contributed by atoms with E-state index in [1.54, 1.807) is 0 Å². The average Bonchev–Trinajstić information content (AvgIpc) is 2.46. The molecule has 1 saturated heterocycles. The SMILES string of the molecule is CCCCC(C)NC1CCCCC1C1CCCCN1. The average molecular weight is 266 g/mol. The quantitative estimate of drug-likeness (QED) is 0.763. The zero-order valence-corrected chi connectivity index (χ0v) is 13.1. The molecule has 4 atom stereocenters. The van der Waals surface area contributed by atoms with E-state index in [-0.39, 0.29) is 0 Å². The molecule has 2 nitrogen and oxygen atoms in total. The van der Waals surface area contributed by atoms with Crippen LogP contribution in [0.2, 0.25) is 0 Å². The summed E-state index contributed by atoms with van der Waals surface area (Å²) in [6, 6.07) is 2.27. The van der Waals surface area contributed by atoms with E-state index in [2.05, 4.69) is 24.5 Å². The smallest absolute Gasteiger partial charge is 0.0113 e. The van der Waals surface area contributed by atoms with Crippen LogP contribution < -0.4 is 10.6 Å². The van der Waals surface area contributed by atoms with Gasteiger partial charge in [-0.15, -0.1) is 0 Å². The Morgan fingerprint density at radius 2 is 1.89 bits per heavy atom. The molecule has 2 heteroatoms. The molecule has 0 aromatic heterocycles. The summed E-state index contributed by atoms with van der Waals surface area (Å²) >= 11 is 0. The second-order valence-electron chi connectivity index (χ2n) is 6.82. The highest BCUT2D eigenvalue weighted by Crippen LogP contribution is 2.30. The molecule has 1 aliphatic heterocycles. The van der Waals surface area contributed by atoms with E-state index in [0.29, 0.717) is 6.04 Å². The Bertz CT molecular complexity index is 235. The standard InChI is InChI=1S/C17H34N2/c1-3-4-9-14(2)19-17-12-6-5-10-15(17)16-11-7-8-13-18-16/h14-19H,3-13H2,1-2H3. The minimum atomic E-state index is 0.703. The fraction of sp³-hybridized carbons (Fsp3) is 1.00. The van der Waals surface area contributed by atoms with Gasteiger partial charge in [0.1, 0.15) is 0 Å². The van der Waals surface area contributed by atoms with Crippen LogP contribution in [0.5, 0.6) is 0 Å². The van der Waals surface area contributed by atoms with E-state index in [1.165, 1.54) is 70.8 Å². The van der Waals surface area contributed by atoms with E-state index in [0.717, 1.165) is 18.0 Å². The Kier molecular flexibility index (Phi) is 6.66. The number of hydrogen-bond donors (Lipinski definition) is 2. The van der Waals surface area contributed by atoms with E-state index in [9.17, 15) is 0 Å². The topological polar surface area (TPSA) is 24.1 Å². The van der Waals surface area contributed by atoms with Gasteiger partial charge < -0.3 is 10.6 Å². The lowest BCUT2D eigenvalue weighted by Crippen LogP contribution is -2.52. The molecule has 2 fully saturated rings. The molecule has 2 rings (SSSR count). The minimum Gasteiger partial charge on any atom is -0.314 e. The van der Waals surface area contributed by atoms with Crippen LogP contribution in [0.25, 0.3) is 0 Å². The van der Waals surface area contributed by atoms with Gasteiger partial charge in [-0.25, -0.2) is 0 Å². The fourth-order valence-electron chi connectivity index (χ4n) is 4.05. The van der Waals surface area contributed by atoms with Crippen LogP contribution in [0, 0.1) is 5.92 Å². The van der Waals surface area contributed by atoms with Crippen molar-refractivity contribution in [3.05, 3.63) is 0 Å². The van der Waals surface area contributed by atoms with Gasteiger partial charge in [0, 0.05) is 18.1 Å². The predicted octanol–water partition coefficient (Wildman–Crippen LogP) is 3.86. The van der Waals surface area contributed by atoms with Crippen molar-refractivity contribution >= 4 is 0 Å². The zero-order valence-electron chi connectivity index (χ0n) is 13.1. The van der Waals surface area contributed by atoms with Gasteiger partial charge in [0.05, 0.1) is 0 Å². The third-order valence-electron chi connectivity index (χ3n) is 5.17. The molecule has 1 aliphatic carbocycles. The van der Waals surface area contributed by atoms with Gasteiger partial charge >= 0.3 is 0 Å². The molecule has 4 unspecified atom stereocenters. The van der Waals surface area contributed by atoms with Crippen LogP contribution in [-0.2, 0) is 0 Å². The molecular formula is C17H34N2. The molecule has 0 spiro atoms.